The topological polar surface area (TPSA) is 172 Å². The van der Waals surface area contributed by atoms with Crippen LogP contribution in [-0.2, 0) is 21.5 Å². The molecule has 2 amide bonds. The Morgan fingerprint density at radius 2 is 1.65 bits per heavy atom. The van der Waals surface area contributed by atoms with Crippen LogP contribution in [0.1, 0.15) is 135 Å². The number of amides is 2. The fourth-order valence-corrected chi connectivity index (χ4v) is 14.7. The third-order valence-corrected chi connectivity index (χ3v) is 19.0. The molecule has 7 aromatic rings. The molecule has 3 N–H and O–H groups in total. The van der Waals surface area contributed by atoms with Crippen LogP contribution in [0.4, 0.5) is 0 Å². The van der Waals surface area contributed by atoms with Crippen LogP contribution in [0, 0.1) is 12.8 Å². The number of hydrogen-bond donors (Lipinski definition) is 3. The van der Waals surface area contributed by atoms with Gasteiger partial charge in [-0.15, -0.1) is 16.4 Å². The Bertz CT molecular complexity index is 3300. The Hall–Kier alpha value is -5.91. The van der Waals surface area contributed by atoms with Crippen molar-refractivity contribution in [1.82, 2.24) is 44.6 Å². The monoisotopic (exact) mass is 1090 g/mol. The third kappa shape index (κ3) is 9.38. The molecule has 0 radical (unpaired) electrons. The highest BCUT2D eigenvalue weighted by Gasteiger charge is 2.47. The molecule has 4 aromatic carbocycles. The molecule has 2 saturated heterocycles. The SMILES string of the molecule is Cc1ncsc1-c1ccc([C@H](CO)NC(=O)[C@@H]2C[C@@H](O)CN2C(=O)[C@H](C2CCCCC2)n2cc(-c3ccc(CN4CCC(c5ccc6c(c5)-n5c(nc(=O)c7c(Br)cccc75)C65CCCCC5)CC4)cc3)nn2)cc1. The number of carbonyl (C=O) groups excluding carboxylic acids is 2. The minimum absolute atomic E-state index is 0.0000842. The zero-order valence-corrected chi connectivity index (χ0v) is 44.8. The molecule has 388 valence electrons. The van der Waals surface area contributed by atoms with Crippen LogP contribution in [0.3, 0.4) is 0 Å². The summed E-state index contributed by atoms with van der Waals surface area (Å²) in [5.41, 5.74) is 11.7. The largest absolute Gasteiger partial charge is 0.394 e. The number of aryl methyl sites for hydroxylation is 1. The molecule has 4 fully saturated rings. The summed E-state index contributed by atoms with van der Waals surface area (Å²) in [5.74, 6) is 0.695. The summed E-state index contributed by atoms with van der Waals surface area (Å²) >= 11 is 5.22. The zero-order valence-electron chi connectivity index (χ0n) is 42.4. The highest BCUT2D eigenvalue weighted by atomic mass is 79.9. The van der Waals surface area contributed by atoms with E-state index in [0.717, 1.165) is 133 Å². The highest BCUT2D eigenvalue weighted by Crippen LogP contribution is 2.52. The lowest BCUT2D eigenvalue weighted by Gasteiger charge is -2.34. The molecular weight excluding hydrogens is 1030 g/mol. The number of thiazole rings is 1. The maximum atomic E-state index is 14.9. The second-order valence-corrected chi connectivity index (χ2v) is 23.5. The van der Waals surface area contributed by atoms with E-state index in [-0.39, 0.29) is 42.4 Å². The number of nitrogens with zero attached hydrogens (tertiary/aromatic N) is 8. The molecule has 2 aliphatic carbocycles. The molecule has 1 spiro atoms. The van der Waals surface area contributed by atoms with Crippen molar-refractivity contribution >= 4 is 50.0 Å². The Morgan fingerprint density at radius 3 is 2.39 bits per heavy atom. The number of aliphatic hydroxyl groups is 2. The number of β-amino-alcohol motifs (C(OH)–C–C–N with tert-alkyl or cyclic N) is 1. The average molecular weight is 1090 g/mol. The molecule has 3 aromatic heterocycles. The summed E-state index contributed by atoms with van der Waals surface area (Å²) in [6.07, 6.45) is 13.6. The number of aliphatic hydroxyl groups excluding tert-OH is 2. The maximum Gasteiger partial charge on any atom is 0.281 e. The molecule has 2 saturated carbocycles. The Labute approximate surface area is 449 Å². The average Bonchev–Trinajstić information content (AvgIpc) is 4.25. The number of fused-ring (bicyclic) bond motifs is 7. The summed E-state index contributed by atoms with van der Waals surface area (Å²) in [7, 11) is 0. The van der Waals surface area contributed by atoms with Gasteiger partial charge >= 0.3 is 0 Å². The minimum atomic E-state index is -0.907. The van der Waals surface area contributed by atoms with E-state index in [1.807, 2.05) is 55.0 Å². The first-order valence-corrected chi connectivity index (χ1v) is 28.7. The van der Waals surface area contributed by atoms with E-state index in [0.29, 0.717) is 17.0 Å². The molecule has 3 aliphatic heterocycles. The van der Waals surface area contributed by atoms with Gasteiger partial charge in [0.15, 0.2) is 0 Å². The Kier molecular flexibility index (Phi) is 13.9. The molecule has 14 nitrogen and oxygen atoms in total. The number of halogens is 1. The van der Waals surface area contributed by atoms with Crippen molar-refractivity contribution in [3.05, 3.63) is 145 Å². The molecule has 12 rings (SSSR count). The number of nitrogens with one attached hydrogen (secondary N) is 1. The second-order valence-electron chi connectivity index (χ2n) is 21.8. The standard InChI is InChI=1S/C59H64BrN9O5S/c1-36-54(75-35-61-36)42-19-17-40(18-20-42)48(34-70)62-55(72)51-30-44(71)32-67(51)57(74)53(41-9-4-2-5-10-41)68-33-47(64-65-68)39-15-13-37(14-16-39)31-66-27-23-38(24-28-66)43-21-22-45-50(29-43)69-49-12-8-11-46(60)52(49)56(73)63-58(69)59(45)25-6-3-7-26-59/h8,11-22,29,33,35,38,41,44,48,51,53,70-71H,2-7,9-10,23-28,30-32,34H2,1H3,(H,62,72)/t44-,48+,51+,53+/m1/s1. The van der Waals surface area contributed by atoms with E-state index in [9.17, 15) is 24.6 Å². The molecule has 75 heavy (non-hydrogen) atoms. The smallest absolute Gasteiger partial charge is 0.281 e. The van der Waals surface area contributed by atoms with Crippen LogP contribution in [0.25, 0.3) is 38.3 Å². The number of likely N-dealkylation sites (tertiary alicyclic amines) is 2. The Morgan fingerprint density at radius 1 is 0.907 bits per heavy atom. The predicted octanol–water partition coefficient (Wildman–Crippen LogP) is 9.71. The van der Waals surface area contributed by atoms with Crippen molar-refractivity contribution < 1.29 is 19.8 Å². The maximum absolute atomic E-state index is 14.9. The van der Waals surface area contributed by atoms with Gasteiger partial charge in [-0.25, -0.2) is 9.67 Å². The number of carbonyl (C=O) groups is 2. The van der Waals surface area contributed by atoms with Gasteiger partial charge in [-0.05, 0) is 132 Å². The number of rotatable bonds is 12. The second kappa shape index (κ2) is 20.9. The van der Waals surface area contributed by atoms with Crippen molar-refractivity contribution in [2.24, 2.45) is 5.92 Å². The number of aromatic nitrogens is 6. The van der Waals surface area contributed by atoms with Gasteiger partial charge in [0, 0.05) is 29.5 Å². The third-order valence-electron chi connectivity index (χ3n) is 17.3. The molecule has 0 bridgehead atoms. The van der Waals surface area contributed by atoms with Crippen LogP contribution >= 0.6 is 27.3 Å². The van der Waals surface area contributed by atoms with E-state index in [2.05, 4.69) is 94.5 Å². The molecule has 5 aliphatic rings. The first-order chi connectivity index (χ1) is 36.6. The lowest BCUT2D eigenvalue weighted by Crippen LogP contribution is -2.50. The first-order valence-electron chi connectivity index (χ1n) is 27.1. The van der Waals surface area contributed by atoms with Gasteiger partial charge in [0.05, 0.1) is 63.0 Å². The fraction of sp³-hybridized carbons (Fsp3) is 0.441. The van der Waals surface area contributed by atoms with Gasteiger partial charge < -0.3 is 20.4 Å². The van der Waals surface area contributed by atoms with E-state index >= 15 is 0 Å². The zero-order chi connectivity index (χ0) is 51.4. The van der Waals surface area contributed by atoms with E-state index in [1.54, 1.807) is 16.0 Å². The van der Waals surface area contributed by atoms with E-state index in [4.69, 9.17) is 4.98 Å². The molecular formula is C59H64BrN9O5S. The van der Waals surface area contributed by atoms with Gasteiger partial charge in [-0.1, -0.05) is 110 Å². The van der Waals surface area contributed by atoms with Gasteiger partial charge in [0.2, 0.25) is 11.8 Å². The van der Waals surface area contributed by atoms with Crippen molar-refractivity contribution in [1.29, 1.82) is 0 Å². The van der Waals surface area contributed by atoms with E-state index in [1.165, 1.54) is 33.7 Å². The Balaban J connectivity index is 0.712. The van der Waals surface area contributed by atoms with Gasteiger partial charge in [-0.3, -0.25) is 23.9 Å². The van der Waals surface area contributed by atoms with Crippen molar-refractivity contribution in [2.75, 3.05) is 26.2 Å². The molecule has 4 atom stereocenters. The first kappa shape index (κ1) is 49.9. The number of hydrogen-bond acceptors (Lipinski definition) is 11. The lowest BCUT2D eigenvalue weighted by molar-refractivity contribution is -0.143. The highest BCUT2D eigenvalue weighted by molar-refractivity contribution is 9.10. The van der Waals surface area contributed by atoms with Gasteiger partial charge in [0.25, 0.3) is 5.56 Å². The molecule has 6 heterocycles. The van der Waals surface area contributed by atoms with Crippen LogP contribution in [-0.4, -0.2) is 99.7 Å². The summed E-state index contributed by atoms with van der Waals surface area (Å²) in [5, 5.41) is 34.3. The van der Waals surface area contributed by atoms with Crippen LogP contribution in [0.2, 0.25) is 0 Å². The summed E-state index contributed by atoms with van der Waals surface area (Å²) in [6.45, 7) is 4.49. The van der Waals surface area contributed by atoms with Gasteiger partial charge in [-0.2, -0.15) is 4.98 Å². The van der Waals surface area contributed by atoms with E-state index < -0.39 is 30.1 Å². The van der Waals surface area contributed by atoms with Crippen molar-refractivity contribution in [3.63, 3.8) is 0 Å². The summed E-state index contributed by atoms with van der Waals surface area (Å²) < 4.78 is 4.79. The van der Waals surface area contributed by atoms with Gasteiger partial charge in [0.1, 0.15) is 23.6 Å². The molecule has 0 unspecified atom stereocenters. The fourth-order valence-electron chi connectivity index (χ4n) is 13.4. The van der Waals surface area contributed by atoms with Crippen molar-refractivity contribution in [3.8, 4) is 27.4 Å². The van der Waals surface area contributed by atoms with Crippen LogP contribution < -0.4 is 10.9 Å². The summed E-state index contributed by atoms with van der Waals surface area (Å²) in [4.78, 5) is 56.8. The van der Waals surface area contributed by atoms with Crippen molar-refractivity contribution in [2.45, 2.75) is 133 Å². The number of benzene rings is 4. The quantitative estimate of drug-likeness (QED) is 0.107. The lowest BCUT2D eigenvalue weighted by atomic mass is 9.69. The normalized spacial score (nSPS) is 20.8. The van der Waals surface area contributed by atoms with Crippen LogP contribution in [0.5, 0.6) is 0 Å². The summed E-state index contributed by atoms with van der Waals surface area (Å²) in [6, 6.07) is 27.1. The number of piperidine rings is 1. The predicted molar refractivity (Wildman–Crippen MR) is 294 cm³/mol. The molecule has 16 heteroatoms. The van der Waals surface area contributed by atoms with Crippen LogP contribution in [0.15, 0.2) is 106 Å². The minimum Gasteiger partial charge on any atom is -0.394 e.